The summed E-state index contributed by atoms with van der Waals surface area (Å²) in [5.74, 6) is -1.76. The monoisotopic (exact) mass is 413 g/mol. The molecule has 0 radical (unpaired) electrons. The standard InChI is InChI=1S/C23H43NO5/c1-4-5-6-7-8-9-10-13-16-26-18-23-21(28-22(2,3)29-23)20(25)19(27-23)17-24-14-11-12-15-24/h19-21,25H,4-18H2,1-3H3/t19-,20+,21-,23-/m0/s1. The van der Waals surface area contributed by atoms with Gasteiger partial charge in [0.15, 0.2) is 5.79 Å². The van der Waals surface area contributed by atoms with E-state index in [1.165, 1.54) is 57.8 Å². The molecule has 0 aromatic carbocycles. The molecule has 0 aromatic heterocycles. The first-order valence-electron chi connectivity index (χ1n) is 12.0. The van der Waals surface area contributed by atoms with Crippen LogP contribution in [0.2, 0.25) is 0 Å². The second-order valence-electron chi connectivity index (χ2n) is 9.53. The summed E-state index contributed by atoms with van der Waals surface area (Å²) in [5.41, 5.74) is 0. The van der Waals surface area contributed by atoms with Gasteiger partial charge in [0.25, 0.3) is 0 Å². The minimum Gasteiger partial charge on any atom is -0.387 e. The van der Waals surface area contributed by atoms with Crippen LogP contribution in [0.3, 0.4) is 0 Å². The zero-order valence-electron chi connectivity index (χ0n) is 18.9. The predicted octanol–water partition coefficient (Wildman–Crippen LogP) is 3.85. The van der Waals surface area contributed by atoms with Crippen LogP contribution < -0.4 is 0 Å². The Labute approximate surface area is 177 Å². The van der Waals surface area contributed by atoms with Gasteiger partial charge in [-0.25, -0.2) is 0 Å². The average Bonchev–Trinajstić information content (AvgIpc) is 3.33. The number of hydrogen-bond acceptors (Lipinski definition) is 6. The van der Waals surface area contributed by atoms with Crippen molar-refractivity contribution in [3.8, 4) is 0 Å². The molecule has 170 valence electrons. The van der Waals surface area contributed by atoms with E-state index in [4.69, 9.17) is 18.9 Å². The third kappa shape index (κ3) is 6.37. The molecule has 3 saturated heterocycles. The maximum atomic E-state index is 10.9. The van der Waals surface area contributed by atoms with Crippen molar-refractivity contribution in [2.24, 2.45) is 0 Å². The summed E-state index contributed by atoms with van der Waals surface area (Å²) in [4.78, 5) is 2.36. The number of aliphatic hydroxyl groups is 1. The first-order chi connectivity index (χ1) is 14.0. The van der Waals surface area contributed by atoms with Crippen molar-refractivity contribution in [1.29, 1.82) is 0 Å². The molecular formula is C23H43NO5. The van der Waals surface area contributed by atoms with E-state index in [0.29, 0.717) is 13.2 Å². The highest BCUT2D eigenvalue weighted by Gasteiger charge is 2.64. The van der Waals surface area contributed by atoms with E-state index in [1.54, 1.807) is 0 Å². The quantitative estimate of drug-likeness (QED) is 0.463. The van der Waals surface area contributed by atoms with Crippen LogP contribution in [0, 0.1) is 0 Å². The lowest BCUT2D eigenvalue weighted by atomic mass is 10.1. The molecule has 0 amide bonds. The fraction of sp³-hybridized carbons (Fsp3) is 1.00. The number of nitrogens with zero attached hydrogens (tertiary/aromatic N) is 1. The highest BCUT2D eigenvalue weighted by Crippen LogP contribution is 2.45. The van der Waals surface area contributed by atoms with Crippen molar-refractivity contribution in [3.05, 3.63) is 0 Å². The van der Waals surface area contributed by atoms with Gasteiger partial charge in [-0.3, -0.25) is 0 Å². The highest BCUT2D eigenvalue weighted by atomic mass is 16.9. The van der Waals surface area contributed by atoms with Crippen LogP contribution in [0.25, 0.3) is 0 Å². The van der Waals surface area contributed by atoms with Crippen molar-refractivity contribution in [2.75, 3.05) is 32.8 Å². The van der Waals surface area contributed by atoms with Gasteiger partial charge < -0.3 is 29.0 Å². The predicted molar refractivity (Wildman–Crippen MR) is 113 cm³/mol. The fourth-order valence-corrected chi connectivity index (χ4v) is 4.90. The lowest BCUT2D eigenvalue weighted by Gasteiger charge is -2.29. The Hall–Kier alpha value is -0.240. The molecule has 0 saturated carbocycles. The van der Waals surface area contributed by atoms with Crippen LogP contribution in [0.5, 0.6) is 0 Å². The summed E-state index contributed by atoms with van der Waals surface area (Å²) in [5, 5.41) is 10.9. The van der Waals surface area contributed by atoms with E-state index in [1.807, 2.05) is 13.8 Å². The molecule has 0 spiro atoms. The van der Waals surface area contributed by atoms with Gasteiger partial charge in [-0.1, -0.05) is 51.9 Å². The Morgan fingerprint density at radius 1 is 0.966 bits per heavy atom. The molecule has 3 fully saturated rings. The Morgan fingerprint density at radius 2 is 1.62 bits per heavy atom. The summed E-state index contributed by atoms with van der Waals surface area (Å²) >= 11 is 0. The molecule has 0 unspecified atom stereocenters. The lowest BCUT2D eigenvalue weighted by molar-refractivity contribution is -0.279. The van der Waals surface area contributed by atoms with Crippen LogP contribution in [-0.2, 0) is 18.9 Å². The van der Waals surface area contributed by atoms with Crippen LogP contribution in [0.4, 0.5) is 0 Å². The Balaban J connectivity index is 1.40. The van der Waals surface area contributed by atoms with Gasteiger partial charge in [-0.15, -0.1) is 0 Å². The molecule has 0 aliphatic carbocycles. The molecular weight excluding hydrogens is 370 g/mol. The summed E-state index contributed by atoms with van der Waals surface area (Å²) in [7, 11) is 0. The molecule has 3 rings (SSSR count). The minimum atomic E-state index is -0.993. The van der Waals surface area contributed by atoms with E-state index < -0.39 is 23.8 Å². The van der Waals surface area contributed by atoms with E-state index in [0.717, 1.165) is 26.1 Å². The molecule has 0 aromatic rings. The van der Waals surface area contributed by atoms with Gasteiger partial charge in [0.05, 0.1) is 0 Å². The van der Waals surface area contributed by atoms with Gasteiger partial charge in [-0.05, 0) is 46.2 Å². The molecule has 3 aliphatic rings. The Morgan fingerprint density at radius 3 is 2.31 bits per heavy atom. The fourth-order valence-electron chi connectivity index (χ4n) is 4.90. The number of hydrogen-bond donors (Lipinski definition) is 1. The molecule has 1 N–H and O–H groups in total. The van der Waals surface area contributed by atoms with Crippen LogP contribution in [0.1, 0.15) is 85.0 Å². The Bertz CT molecular complexity index is 482. The molecule has 0 bridgehead atoms. The van der Waals surface area contributed by atoms with Gasteiger partial charge >= 0.3 is 0 Å². The third-order valence-electron chi connectivity index (χ3n) is 6.39. The largest absolute Gasteiger partial charge is 0.387 e. The first kappa shape index (κ1) is 23.4. The minimum absolute atomic E-state index is 0.291. The zero-order valence-corrected chi connectivity index (χ0v) is 18.9. The Kier molecular flexibility index (Phi) is 8.78. The molecule has 4 atom stereocenters. The van der Waals surface area contributed by atoms with E-state index in [2.05, 4.69) is 11.8 Å². The smallest absolute Gasteiger partial charge is 0.224 e. The summed E-state index contributed by atoms with van der Waals surface area (Å²) in [6.07, 6.45) is 11.2. The highest BCUT2D eigenvalue weighted by molar-refractivity contribution is 5.03. The zero-order chi connectivity index (χ0) is 20.7. The van der Waals surface area contributed by atoms with Crippen molar-refractivity contribution in [1.82, 2.24) is 4.90 Å². The average molecular weight is 414 g/mol. The van der Waals surface area contributed by atoms with Crippen molar-refractivity contribution in [3.63, 3.8) is 0 Å². The van der Waals surface area contributed by atoms with E-state index in [9.17, 15) is 5.11 Å². The number of aliphatic hydroxyl groups excluding tert-OH is 1. The molecule has 3 heterocycles. The van der Waals surface area contributed by atoms with Crippen LogP contribution in [0.15, 0.2) is 0 Å². The van der Waals surface area contributed by atoms with E-state index in [-0.39, 0.29) is 6.10 Å². The van der Waals surface area contributed by atoms with Gasteiger partial charge in [0.1, 0.15) is 24.9 Å². The van der Waals surface area contributed by atoms with Crippen molar-refractivity contribution < 1.29 is 24.1 Å². The SMILES string of the molecule is CCCCCCCCCCOC[C@@]12O[C@@H](CN3CCCC3)[C@@H](O)[C@@H]1OC(C)(C)O2. The number of fused-ring (bicyclic) bond motifs is 1. The van der Waals surface area contributed by atoms with Crippen LogP contribution >= 0.6 is 0 Å². The number of likely N-dealkylation sites (tertiary alicyclic amines) is 1. The third-order valence-corrected chi connectivity index (χ3v) is 6.39. The van der Waals surface area contributed by atoms with Crippen molar-refractivity contribution >= 4 is 0 Å². The summed E-state index contributed by atoms with van der Waals surface area (Å²) in [6.45, 7) is 9.88. The van der Waals surface area contributed by atoms with Gasteiger partial charge in [-0.2, -0.15) is 0 Å². The molecule has 6 nitrogen and oxygen atoms in total. The number of rotatable bonds is 13. The molecule has 6 heteroatoms. The maximum Gasteiger partial charge on any atom is 0.224 e. The molecule has 29 heavy (non-hydrogen) atoms. The normalized spacial score (nSPS) is 34.1. The summed E-state index contributed by atoms with van der Waals surface area (Å²) in [6, 6.07) is 0. The second-order valence-corrected chi connectivity index (χ2v) is 9.53. The summed E-state index contributed by atoms with van der Waals surface area (Å²) < 4.78 is 24.5. The topological polar surface area (TPSA) is 60.4 Å². The number of unbranched alkanes of at least 4 members (excludes halogenated alkanes) is 7. The lowest BCUT2D eigenvalue weighted by Crippen LogP contribution is -2.45. The first-order valence-corrected chi connectivity index (χ1v) is 12.0. The van der Waals surface area contributed by atoms with Gasteiger partial charge in [0.2, 0.25) is 5.79 Å². The van der Waals surface area contributed by atoms with E-state index >= 15 is 0 Å². The maximum absolute atomic E-state index is 10.9. The van der Waals surface area contributed by atoms with Crippen molar-refractivity contribution in [2.45, 2.75) is 115 Å². The second kappa shape index (κ2) is 10.9. The molecule has 3 aliphatic heterocycles. The van der Waals surface area contributed by atoms with Gasteiger partial charge in [0, 0.05) is 13.2 Å². The van der Waals surface area contributed by atoms with Crippen LogP contribution in [-0.4, -0.2) is 72.7 Å². The number of ether oxygens (including phenoxy) is 4.